The van der Waals surface area contributed by atoms with Gasteiger partial charge in [0.25, 0.3) is 0 Å². The molecule has 0 aromatic heterocycles. The molecule has 0 spiro atoms. The number of esters is 1. The fraction of sp³-hybridized carbons (Fsp3) is 0.294. The maximum Gasteiger partial charge on any atom is 0.345 e. The molecule has 5 heteroatoms. The van der Waals surface area contributed by atoms with E-state index in [0.717, 1.165) is 29.0 Å². The predicted molar refractivity (Wildman–Crippen MR) is 157 cm³/mol. The summed E-state index contributed by atoms with van der Waals surface area (Å²) in [6, 6.07) is 0. The summed E-state index contributed by atoms with van der Waals surface area (Å²) >= 11 is 0. The van der Waals surface area contributed by atoms with Gasteiger partial charge in [0, 0.05) is 55.4 Å². The van der Waals surface area contributed by atoms with Crippen LogP contribution in [0.3, 0.4) is 0 Å². The van der Waals surface area contributed by atoms with Crippen molar-refractivity contribution in [3.63, 3.8) is 0 Å². The second-order valence-electron chi connectivity index (χ2n) is 10.6. The number of allylic oxidation sites excluding steroid dienone is 13. The van der Waals surface area contributed by atoms with Gasteiger partial charge in [0.15, 0.2) is 0 Å². The molecule has 1 aromatic rings. The van der Waals surface area contributed by atoms with Gasteiger partial charge in [-0.15, -0.1) is 0 Å². The minimum Gasteiger partial charge on any atom is -0.423 e. The molecular formula is C34H36N2O2V. The molecule has 4 nitrogen and oxygen atoms in total. The van der Waals surface area contributed by atoms with Gasteiger partial charge in [0.2, 0.25) is 0 Å². The maximum atomic E-state index is 12.7. The maximum absolute atomic E-state index is 12.7. The molecular weight excluding hydrogens is 519 g/mol. The van der Waals surface area contributed by atoms with Crippen LogP contribution in [0.1, 0.15) is 48.1 Å². The zero-order valence-corrected chi connectivity index (χ0v) is 25.3. The Bertz CT molecular complexity index is 1520. The number of anilines is 1. The first-order valence-corrected chi connectivity index (χ1v) is 13.4. The number of benzene rings is 1. The molecule has 39 heavy (non-hydrogen) atoms. The molecule has 1 radical (unpaired) electrons. The van der Waals surface area contributed by atoms with Crippen molar-refractivity contribution < 1.29 is 28.1 Å². The summed E-state index contributed by atoms with van der Waals surface area (Å²) in [4.78, 5) is 19.8. The molecule has 0 fully saturated rings. The summed E-state index contributed by atoms with van der Waals surface area (Å²) in [7, 11) is 2.16. The Labute approximate surface area is 244 Å². The van der Waals surface area contributed by atoms with Gasteiger partial charge < -0.3 is 9.64 Å². The van der Waals surface area contributed by atoms with E-state index in [1.165, 1.54) is 39.2 Å². The molecule has 3 aliphatic heterocycles. The normalized spacial score (nSPS) is 22.4. The van der Waals surface area contributed by atoms with Crippen LogP contribution in [0.5, 0.6) is 0 Å². The average molecular weight is 556 g/mol. The Balaban J connectivity index is 0.00000353. The van der Waals surface area contributed by atoms with Gasteiger partial charge in [-0.2, -0.15) is 0 Å². The number of likely N-dealkylation sites (N-methyl/N-ethyl adjacent to an activating group) is 1. The summed E-state index contributed by atoms with van der Waals surface area (Å²) in [5, 5.41) is 0. The number of nitrogens with zero attached hydrogens (tertiary/aromatic N) is 2. The number of hydrogen-bond donors (Lipinski definition) is 0. The number of cyclic esters (lactones) is 1. The van der Waals surface area contributed by atoms with Crippen molar-refractivity contribution in [1.29, 1.82) is 0 Å². The largest absolute Gasteiger partial charge is 0.423 e. The number of fused-ring (bicyclic) bond motifs is 2. The van der Waals surface area contributed by atoms with E-state index in [1.807, 2.05) is 31.2 Å². The Morgan fingerprint density at radius 2 is 1.64 bits per heavy atom. The third-order valence-corrected chi connectivity index (χ3v) is 8.29. The molecule has 0 amide bonds. The minimum atomic E-state index is -0.317. The molecule has 3 heterocycles. The SMILES string of the molecule is CC1=C(C2=NC3=CC(C)C=CC=C3C2)C(=O)OC1=CC=CC=CC=C1Cc2c(C)c(C)c(C)c(C)c2N1C.[V]. The van der Waals surface area contributed by atoms with E-state index in [4.69, 9.17) is 9.73 Å². The summed E-state index contributed by atoms with van der Waals surface area (Å²) in [6.45, 7) is 13.0. The first-order valence-electron chi connectivity index (χ1n) is 13.4. The van der Waals surface area contributed by atoms with Gasteiger partial charge in [-0.25, -0.2) is 4.79 Å². The summed E-state index contributed by atoms with van der Waals surface area (Å²) in [6.07, 6.45) is 22.1. The van der Waals surface area contributed by atoms with Crippen molar-refractivity contribution >= 4 is 17.4 Å². The average Bonchev–Trinajstić information content (AvgIpc) is 3.47. The van der Waals surface area contributed by atoms with Crippen LogP contribution in [0.4, 0.5) is 5.69 Å². The van der Waals surface area contributed by atoms with Crippen molar-refractivity contribution in [2.45, 2.75) is 54.4 Å². The van der Waals surface area contributed by atoms with E-state index < -0.39 is 0 Å². The molecule has 0 saturated heterocycles. The summed E-state index contributed by atoms with van der Waals surface area (Å²) in [5.41, 5.74) is 14.0. The number of rotatable bonds is 4. The molecule has 1 unspecified atom stereocenters. The van der Waals surface area contributed by atoms with E-state index in [2.05, 4.69) is 83.0 Å². The van der Waals surface area contributed by atoms with Crippen molar-refractivity contribution in [3.8, 4) is 0 Å². The molecule has 0 bridgehead atoms. The second-order valence-corrected chi connectivity index (χ2v) is 10.6. The predicted octanol–water partition coefficient (Wildman–Crippen LogP) is 7.52. The quantitative estimate of drug-likeness (QED) is 0.285. The molecule has 199 valence electrons. The van der Waals surface area contributed by atoms with Crippen molar-refractivity contribution in [1.82, 2.24) is 0 Å². The van der Waals surface area contributed by atoms with Crippen LogP contribution in [0, 0.1) is 33.6 Å². The smallest absolute Gasteiger partial charge is 0.345 e. The number of carbonyl (C=O) groups is 1. The Hall–Kier alpha value is -3.34. The van der Waals surface area contributed by atoms with Crippen LogP contribution in [0.2, 0.25) is 0 Å². The van der Waals surface area contributed by atoms with E-state index in [1.54, 1.807) is 0 Å². The van der Waals surface area contributed by atoms with Crippen LogP contribution in [0.25, 0.3) is 0 Å². The van der Waals surface area contributed by atoms with Crippen LogP contribution < -0.4 is 4.90 Å². The van der Waals surface area contributed by atoms with Crippen molar-refractivity contribution in [3.05, 3.63) is 122 Å². The van der Waals surface area contributed by atoms with Gasteiger partial charge in [-0.1, -0.05) is 55.5 Å². The first-order chi connectivity index (χ1) is 18.2. The number of hydrogen-bond acceptors (Lipinski definition) is 4. The Kier molecular flexibility index (Phi) is 8.39. The van der Waals surface area contributed by atoms with Crippen LogP contribution in [0.15, 0.2) is 99.6 Å². The van der Waals surface area contributed by atoms with Crippen LogP contribution in [-0.4, -0.2) is 18.7 Å². The summed E-state index contributed by atoms with van der Waals surface area (Å²) < 4.78 is 5.60. The molecule has 1 atom stereocenters. The molecule has 4 aliphatic rings. The molecule has 5 rings (SSSR count). The van der Waals surface area contributed by atoms with E-state index in [0.29, 0.717) is 23.7 Å². The molecule has 1 aromatic carbocycles. The fourth-order valence-corrected chi connectivity index (χ4v) is 5.70. The first kappa shape index (κ1) is 28.7. The van der Waals surface area contributed by atoms with E-state index >= 15 is 0 Å². The van der Waals surface area contributed by atoms with Gasteiger partial charge in [0.1, 0.15) is 5.76 Å². The van der Waals surface area contributed by atoms with Gasteiger partial charge in [-0.3, -0.25) is 4.99 Å². The van der Waals surface area contributed by atoms with Gasteiger partial charge in [0.05, 0.1) is 17.0 Å². The van der Waals surface area contributed by atoms with Crippen molar-refractivity contribution in [2.75, 3.05) is 11.9 Å². The standard InChI is InChI=1S/C34H36N2O2.V/c1-20-13-12-14-26-18-30(35-29(26)17-20)32-25(6)31(38-34(32)37)16-11-9-8-10-15-27-19-28-23(4)21(2)22(3)24(5)33(28)36(27)7;/h8-17,20H,18-19H2,1-7H3;. The summed E-state index contributed by atoms with van der Waals surface area (Å²) in [5.74, 6) is 0.590. The topological polar surface area (TPSA) is 41.9 Å². The number of ether oxygens (including phenoxy) is 1. The van der Waals surface area contributed by atoms with Crippen LogP contribution >= 0.6 is 0 Å². The zero-order chi connectivity index (χ0) is 27.1. The third-order valence-electron chi connectivity index (χ3n) is 8.29. The monoisotopic (exact) mass is 555 g/mol. The van der Waals surface area contributed by atoms with Crippen molar-refractivity contribution in [2.24, 2.45) is 10.9 Å². The zero-order valence-electron chi connectivity index (χ0n) is 23.9. The van der Waals surface area contributed by atoms with Crippen LogP contribution in [-0.2, 0) is 34.5 Å². The van der Waals surface area contributed by atoms with Gasteiger partial charge >= 0.3 is 5.97 Å². The Morgan fingerprint density at radius 1 is 0.949 bits per heavy atom. The molecule has 1 aliphatic carbocycles. The molecule has 0 N–H and O–H groups in total. The molecule has 0 saturated carbocycles. The van der Waals surface area contributed by atoms with Gasteiger partial charge in [-0.05, 0) is 86.1 Å². The fourth-order valence-electron chi connectivity index (χ4n) is 5.70. The van der Waals surface area contributed by atoms with E-state index in [-0.39, 0.29) is 24.5 Å². The number of carbonyl (C=O) groups excluding carboxylic acids is 1. The number of aliphatic imine (C=N–C) groups is 1. The minimum absolute atomic E-state index is 0. The second kappa shape index (κ2) is 11.4. The van der Waals surface area contributed by atoms with E-state index in [9.17, 15) is 4.79 Å². The third kappa shape index (κ3) is 5.28. The Morgan fingerprint density at radius 3 is 2.38 bits per heavy atom.